The fraction of sp³-hybridized carbons (Fsp3) is 0.727. The molecule has 1 aromatic heterocycles. The summed E-state index contributed by atoms with van der Waals surface area (Å²) in [5, 5.41) is 7.67. The van der Waals surface area contributed by atoms with Gasteiger partial charge in [-0.25, -0.2) is 8.42 Å². The molecule has 0 saturated carbocycles. The Morgan fingerprint density at radius 3 is 2.50 bits per heavy atom. The zero-order valence-electron chi connectivity index (χ0n) is 11.4. The fourth-order valence-corrected chi connectivity index (χ4v) is 2.85. The molecule has 1 atom stereocenters. The van der Waals surface area contributed by atoms with E-state index in [0.717, 1.165) is 0 Å². The number of sulfone groups is 1. The van der Waals surface area contributed by atoms with Crippen molar-refractivity contribution in [2.45, 2.75) is 38.1 Å². The summed E-state index contributed by atoms with van der Waals surface area (Å²) < 4.78 is 24.6. The predicted octanol–water partition coefficient (Wildman–Crippen LogP) is 1.64. The summed E-state index contributed by atoms with van der Waals surface area (Å²) in [6, 6.07) is -0.414. The lowest BCUT2D eigenvalue weighted by Crippen LogP contribution is -2.44. The zero-order valence-corrected chi connectivity index (χ0v) is 12.9. The SMILES string of the molecule is CCn1ncc(Cl)c1C(NC)C(C)(C)S(C)(=O)=O. The van der Waals surface area contributed by atoms with Gasteiger partial charge in [-0.3, -0.25) is 4.68 Å². The fourth-order valence-electron chi connectivity index (χ4n) is 1.94. The van der Waals surface area contributed by atoms with Gasteiger partial charge in [0.2, 0.25) is 0 Å². The molecule has 0 aliphatic heterocycles. The van der Waals surface area contributed by atoms with Gasteiger partial charge < -0.3 is 5.32 Å². The summed E-state index contributed by atoms with van der Waals surface area (Å²) in [5.74, 6) is 0. The van der Waals surface area contributed by atoms with Crippen LogP contribution < -0.4 is 5.32 Å². The molecular weight excluding hydrogens is 274 g/mol. The van der Waals surface area contributed by atoms with Crippen molar-refractivity contribution in [3.8, 4) is 0 Å². The molecule has 5 nitrogen and oxygen atoms in total. The summed E-state index contributed by atoms with van der Waals surface area (Å²) in [5.41, 5.74) is 0.706. The maximum absolute atomic E-state index is 11.9. The topological polar surface area (TPSA) is 64.0 Å². The lowest BCUT2D eigenvalue weighted by molar-refractivity contribution is 0.417. The van der Waals surface area contributed by atoms with Crippen LogP contribution in [0.1, 0.15) is 32.5 Å². The standard InChI is InChI=1S/C11H20ClN3O2S/c1-6-15-9(8(12)7-14-15)10(13-4)11(2,3)18(5,16)17/h7,10,13H,6H2,1-5H3. The van der Waals surface area contributed by atoms with E-state index in [1.54, 1.807) is 31.8 Å². The van der Waals surface area contributed by atoms with Gasteiger partial charge in [-0.05, 0) is 27.8 Å². The maximum Gasteiger partial charge on any atom is 0.154 e. The maximum atomic E-state index is 11.9. The van der Waals surface area contributed by atoms with E-state index in [9.17, 15) is 8.42 Å². The van der Waals surface area contributed by atoms with Gasteiger partial charge in [0.05, 0.1) is 27.7 Å². The Balaban J connectivity index is 3.39. The molecule has 0 saturated heterocycles. The Morgan fingerprint density at radius 2 is 2.11 bits per heavy atom. The molecule has 0 bridgehead atoms. The molecule has 1 aromatic rings. The van der Waals surface area contributed by atoms with Crippen LogP contribution in [-0.2, 0) is 16.4 Å². The first-order valence-corrected chi connectivity index (χ1v) is 8.01. The molecule has 1 unspecified atom stereocenters. The lowest BCUT2D eigenvalue weighted by Gasteiger charge is -2.33. The van der Waals surface area contributed by atoms with E-state index in [1.165, 1.54) is 6.26 Å². The van der Waals surface area contributed by atoms with Crippen molar-refractivity contribution in [1.29, 1.82) is 0 Å². The van der Waals surface area contributed by atoms with E-state index >= 15 is 0 Å². The molecule has 18 heavy (non-hydrogen) atoms. The molecule has 0 amide bonds. The van der Waals surface area contributed by atoms with Crippen LogP contribution >= 0.6 is 11.6 Å². The van der Waals surface area contributed by atoms with E-state index in [-0.39, 0.29) is 0 Å². The highest BCUT2D eigenvalue weighted by Gasteiger charge is 2.41. The Kier molecular flexibility index (Phi) is 4.46. The van der Waals surface area contributed by atoms with Gasteiger partial charge >= 0.3 is 0 Å². The van der Waals surface area contributed by atoms with Gasteiger partial charge in [0, 0.05) is 12.8 Å². The molecule has 0 spiro atoms. The Morgan fingerprint density at radius 1 is 1.56 bits per heavy atom. The molecule has 1 rings (SSSR count). The Labute approximate surface area is 113 Å². The summed E-state index contributed by atoms with van der Waals surface area (Å²) >= 11 is 6.14. The van der Waals surface area contributed by atoms with Crippen molar-refractivity contribution >= 4 is 21.4 Å². The van der Waals surface area contributed by atoms with Gasteiger partial charge in [-0.15, -0.1) is 0 Å². The minimum Gasteiger partial charge on any atom is -0.310 e. The minimum absolute atomic E-state index is 0.414. The third kappa shape index (κ3) is 2.55. The number of nitrogens with one attached hydrogen (secondary N) is 1. The van der Waals surface area contributed by atoms with Crippen LogP contribution in [0.5, 0.6) is 0 Å². The van der Waals surface area contributed by atoms with Crippen LogP contribution in [0, 0.1) is 0 Å². The van der Waals surface area contributed by atoms with Crippen LogP contribution in [0.4, 0.5) is 0 Å². The van der Waals surface area contributed by atoms with Crippen LogP contribution in [-0.4, -0.2) is 36.2 Å². The number of hydrogen-bond donors (Lipinski definition) is 1. The molecule has 0 radical (unpaired) electrons. The highest BCUT2D eigenvalue weighted by molar-refractivity contribution is 7.92. The van der Waals surface area contributed by atoms with Crippen LogP contribution in [0.2, 0.25) is 5.02 Å². The van der Waals surface area contributed by atoms with Gasteiger partial charge in [-0.2, -0.15) is 5.10 Å². The number of nitrogens with zero attached hydrogens (tertiary/aromatic N) is 2. The normalized spacial score (nSPS) is 14.8. The molecule has 1 heterocycles. The molecule has 0 aromatic carbocycles. The predicted molar refractivity (Wildman–Crippen MR) is 73.6 cm³/mol. The van der Waals surface area contributed by atoms with Gasteiger partial charge in [-0.1, -0.05) is 11.6 Å². The van der Waals surface area contributed by atoms with E-state index in [0.29, 0.717) is 17.3 Å². The molecule has 104 valence electrons. The largest absolute Gasteiger partial charge is 0.310 e. The lowest BCUT2D eigenvalue weighted by atomic mass is 10.00. The van der Waals surface area contributed by atoms with Gasteiger partial charge in [0.25, 0.3) is 0 Å². The van der Waals surface area contributed by atoms with Crippen molar-refractivity contribution < 1.29 is 8.42 Å². The van der Waals surface area contributed by atoms with Crippen molar-refractivity contribution in [2.24, 2.45) is 0 Å². The molecule has 7 heteroatoms. The third-order valence-electron chi connectivity index (χ3n) is 3.35. The zero-order chi connectivity index (χ0) is 14.1. The number of aromatic nitrogens is 2. The van der Waals surface area contributed by atoms with Crippen molar-refractivity contribution in [3.63, 3.8) is 0 Å². The highest BCUT2D eigenvalue weighted by atomic mass is 35.5. The smallest absolute Gasteiger partial charge is 0.154 e. The van der Waals surface area contributed by atoms with E-state index in [1.807, 2.05) is 6.92 Å². The first kappa shape index (κ1) is 15.5. The second-order valence-electron chi connectivity index (χ2n) is 4.79. The number of hydrogen-bond acceptors (Lipinski definition) is 4. The molecule has 0 fully saturated rings. The number of rotatable bonds is 5. The van der Waals surface area contributed by atoms with Gasteiger partial charge in [0.15, 0.2) is 9.84 Å². The summed E-state index contributed by atoms with van der Waals surface area (Å²) in [7, 11) is -1.52. The second kappa shape index (κ2) is 5.19. The van der Waals surface area contributed by atoms with E-state index in [2.05, 4.69) is 10.4 Å². The summed E-state index contributed by atoms with van der Waals surface area (Å²) in [6.45, 7) is 5.95. The molecule has 0 aliphatic carbocycles. The third-order valence-corrected chi connectivity index (χ3v) is 5.78. The monoisotopic (exact) mass is 293 g/mol. The van der Waals surface area contributed by atoms with Crippen LogP contribution in [0.25, 0.3) is 0 Å². The average Bonchev–Trinajstić information content (AvgIpc) is 2.60. The van der Waals surface area contributed by atoms with Crippen LogP contribution in [0.3, 0.4) is 0 Å². The summed E-state index contributed by atoms with van der Waals surface area (Å²) in [4.78, 5) is 0. The Hall–Kier alpha value is -0.590. The first-order chi connectivity index (χ1) is 8.16. The second-order valence-corrected chi connectivity index (χ2v) is 7.79. The molecule has 0 aliphatic rings. The van der Waals surface area contributed by atoms with Crippen molar-refractivity contribution in [1.82, 2.24) is 15.1 Å². The first-order valence-electron chi connectivity index (χ1n) is 5.74. The number of halogens is 1. The quantitative estimate of drug-likeness (QED) is 0.896. The summed E-state index contributed by atoms with van der Waals surface area (Å²) in [6.07, 6.45) is 2.78. The van der Waals surface area contributed by atoms with E-state index < -0.39 is 20.6 Å². The molecule has 1 N–H and O–H groups in total. The minimum atomic E-state index is -3.24. The highest BCUT2D eigenvalue weighted by Crippen LogP contribution is 2.35. The van der Waals surface area contributed by atoms with Crippen molar-refractivity contribution in [3.05, 3.63) is 16.9 Å². The van der Waals surface area contributed by atoms with Crippen LogP contribution in [0.15, 0.2) is 6.20 Å². The average molecular weight is 294 g/mol. The van der Waals surface area contributed by atoms with Gasteiger partial charge in [0.1, 0.15) is 0 Å². The van der Waals surface area contributed by atoms with Crippen molar-refractivity contribution in [2.75, 3.05) is 13.3 Å². The molecular formula is C11H20ClN3O2S. The number of aryl methyl sites for hydroxylation is 1. The Bertz CT molecular complexity index is 522. The van der Waals surface area contributed by atoms with E-state index in [4.69, 9.17) is 11.6 Å².